The van der Waals surface area contributed by atoms with E-state index in [-0.39, 0.29) is 0 Å². The van der Waals surface area contributed by atoms with Crippen molar-refractivity contribution in [3.05, 3.63) is 65.9 Å². The number of para-hydroxylation sites is 1. The second kappa shape index (κ2) is 5.06. The minimum Gasteiger partial charge on any atom is -0.497 e. The summed E-state index contributed by atoms with van der Waals surface area (Å²) < 4.78 is 7.64. The number of benzene rings is 2. The molecule has 110 valence electrons. The van der Waals surface area contributed by atoms with Gasteiger partial charge in [-0.25, -0.2) is 0 Å². The number of nitrogens with zero attached hydrogens (tertiary/aromatic N) is 1. The zero-order valence-corrected chi connectivity index (χ0v) is 12.9. The number of fused-ring (bicyclic) bond motifs is 3. The van der Waals surface area contributed by atoms with Gasteiger partial charge in [0.05, 0.1) is 12.6 Å². The van der Waals surface area contributed by atoms with Crippen LogP contribution in [0.4, 0.5) is 0 Å². The van der Waals surface area contributed by atoms with E-state index in [1.807, 2.05) is 12.1 Å². The highest BCUT2D eigenvalue weighted by atomic mass is 16.5. The van der Waals surface area contributed by atoms with Crippen molar-refractivity contribution >= 4 is 17.0 Å². The normalized spacial score (nSPS) is 16.7. The van der Waals surface area contributed by atoms with Crippen molar-refractivity contribution in [3.8, 4) is 11.4 Å². The summed E-state index contributed by atoms with van der Waals surface area (Å²) in [5.41, 5.74) is 5.23. The van der Waals surface area contributed by atoms with Gasteiger partial charge in [0, 0.05) is 16.8 Å². The molecule has 0 aliphatic heterocycles. The van der Waals surface area contributed by atoms with Gasteiger partial charge in [0.1, 0.15) is 5.75 Å². The Morgan fingerprint density at radius 2 is 1.82 bits per heavy atom. The summed E-state index contributed by atoms with van der Waals surface area (Å²) >= 11 is 0. The predicted octanol–water partition coefficient (Wildman–Crippen LogP) is 5.16. The second-order valence-corrected chi connectivity index (χ2v) is 5.89. The van der Waals surface area contributed by atoms with Gasteiger partial charge in [-0.3, -0.25) is 0 Å². The van der Waals surface area contributed by atoms with Crippen LogP contribution in [0.3, 0.4) is 0 Å². The summed E-state index contributed by atoms with van der Waals surface area (Å²) in [4.78, 5) is 0. The maximum atomic E-state index is 5.28. The Morgan fingerprint density at radius 3 is 2.59 bits per heavy atom. The summed E-state index contributed by atoms with van der Waals surface area (Å²) in [7, 11) is 1.70. The third kappa shape index (κ3) is 1.87. The molecule has 22 heavy (non-hydrogen) atoms. The monoisotopic (exact) mass is 289 g/mol. The molecule has 1 aliphatic carbocycles. The third-order valence-electron chi connectivity index (χ3n) is 4.54. The molecule has 0 bridgehead atoms. The van der Waals surface area contributed by atoms with Crippen LogP contribution in [0, 0.1) is 0 Å². The fraction of sp³-hybridized carbons (Fsp3) is 0.200. The molecule has 2 heteroatoms. The Hall–Kier alpha value is -2.48. The van der Waals surface area contributed by atoms with E-state index in [4.69, 9.17) is 4.74 Å². The van der Waals surface area contributed by atoms with Crippen LogP contribution in [0.1, 0.15) is 30.5 Å². The molecule has 2 nitrogen and oxygen atoms in total. The highest BCUT2D eigenvalue weighted by molar-refractivity contribution is 5.91. The Bertz CT molecular complexity index is 855. The van der Waals surface area contributed by atoms with Crippen molar-refractivity contribution in [1.29, 1.82) is 0 Å². The summed E-state index contributed by atoms with van der Waals surface area (Å²) in [6, 6.07) is 17.0. The topological polar surface area (TPSA) is 14.2 Å². The molecule has 0 spiro atoms. The maximum Gasteiger partial charge on any atom is 0.119 e. The van der Waals surface area contributed by atoms with Gasteiger partial charge in [0.2, 0.25) is 0 Å². The first-order valence-corrected chi connectivity index (χ1v) is 7.74. The quantitative estimate of drug-likeness (QED) is 0.635. The Kier molecular flexibility index (Phi) is 3.04. The lowest BCUT2D eigenvalue weighted by atomic mass is 9.91. The molecule has 0 radical (unpaired) electrons. The van der Waals surface area contributed by atoms with E-state index in [0.29, 0.717) is 5.92 Å². The highest BCUT2D eigenvalue weighted by Gasteiger charge is 2.22. The summed E-state index contributed by atoms with van der Waals surface area (Å²) in [6.45, 7) is 2.31. The van der Waals surface area contributed by atoms with Gasteiger partial charge in [-0.2, -0.15) is 0 Å². The number of hydrogen-bond acceptors (Lipinski definition) is 1. The minimum absolute atomic E-state index is 0.560. The molecule has 4 rings (SSSR count). The van der Waals surface area contributed by atoms with Crippen LogP contribution in [0.25, 0.3) is 22.7 Å². The van der Waals surface area contributed by atoms with Crippen LogP contribution in [0.5, 0.6) is 5.75 Å². The summed E-state index contributed by atoms with van der Waals surface area (Å²) in [5.74, 6) is 1.45. The molecule has 1 atom stereocenters. The first-order chi connectivity index (χ1) is 10.8. The lowest BCUT2D eigenvalue weighted by molar-refractivity contribution is 0.415. The van der Waals surface area contributed by atoms with Crippen molar-refractivity contribution in [2.75, 3.05) is 7.11 Å². The van der Waals surface area contributed by atoms with Crippen molar-refractivity contribution in [1.82, 2.24) is 4.57 Å². The molecule has 1 aromatic heterocycles. The number of aromatic nitrogens is 1. The first-order valence-electron chi connectivity index (χ1n) is 7.74. The minimum atomic E-state index is 0.560. The molecular weight excluding hydrogens is 270 g/mol. The Balaban J connectivity index is 2.03. The van der Waals surface area contributed by atoms with Crippen molar-refractivity contribution in [3.63, 3.8) is 0 Å². The van der Waals surface area contributed by atoms with Crippen LogP contribution in [-0.2, 0) is 0 Å². The van der Waals surface area contributed by atoms with Gasteiger partial charge in [-0.1, -0.05) is 31.2 Å². The molecule has 1 unspecified atom stereocenters. The molecular formula is C20H19NO. The van der Waals surface area contributed by atoms with Crippen molar-refractivity contribution in [2.45, 2.75) is 19.3 Å². The van der Waals surface area contributed by atoms with Crippen LogP contribution in [0.15, 0.2) is 54.6 Å². The van der Waals surface area contributed by atoms with E-state index < -0.39 is 0 Å². The van der Waals surface area contributed by atoms with E-state index in [0.717, 1.165) is 12.2 Å². The lowest BCUT2D eigenvalue weighted by Crippen LogP contribution is -2.02. The molecule has 0 N–H and O–H groups in total. The molecule has 0 saturated heterocycles. The van der Waals surface area contributed by atoms with E-state index in [2.05, 4.69) is 60.0 Å². The van der Waals surface area contributed by atoms with Gasteiger partial charge in [0.25, 0.3) is 0 Å². The van der Waals surface area contributed by atoms with Gasteiger partial charge in [-0.15, -0.1) is 0 Å². The molecule has 0 amide bonds. The molecule has 0 fully saturated rings. The fourth-order valence-electron chi connectivity index (χ4n) is 3.48. The molecule has 2 aromatic carbocycles. The molecule has 3 aromatic rings. The van der Waals surface area contributed by atoms with Crippen LogP contribution >= 0.6 is 0 Å². The number of ether oxygens (including phenoxy) is 1. The highest BCUT2D eigenvalue weighted by Crippen LogP contribution is 2.39. The Morgan fingerprint density at radius 1 is 1.05 bits per heavy atom. The van der Waals surface area contributed by atoms with Crippen molar-refractivity contribution in [2.24, 2.45) is 0 Å². The smallest absolute Gasteiger partial charge is 0.119 e. The number of allylic oxidation sites excluding steroid dienone is 1. The van der Waals surface area contributed by atoms with Crippen molar-refractivity contribution < 1.29 is 4.74 Å². The van der Waals surface area contributed by atoms with Gasteiger partial charge < -0.3 is 9.30 Å². The third-order valence-corrected chi connectivity index (χ3v) is 4.54. The van der Waals surface area contributed by atoms with Gasteiger partial charge in [-0.05, 0) is 54.3 Å². The number of hydrogen-bond donors (Lipinski definition) is 0. The van der Waals surface area contributed by atoms with Gasteiger partial charge >= 0.3 is 0 Å². The first kappa shape index (κ1) is 13.2. The zero-order chi connectivity index (χ0) is 15.1. The van der Waals surface area contributed by atoms with Crippen LogP contribution in [-0.4, -0.2) is 11.7 Å². The lowest BCUT2D eigenvalue weighted by Gasteiger charge is -2.16. The molecule has 0 saturated carbocycles. The second-order valence-electron chi connectivity index (χ2n) is 5.89. The summed E-state index contributed by atoms with van der Waals surface area (Å²) in [6.07, 6.45) is 5.66. The number of methoxy groups -OCH3 is 1. The predicted molar refractivity (Wildman–Crippen MR) is 91.9 cm³/mol. The SMILES string of the molecule is COc1ccc(-n2c3c(c4ccccc42)C(C)CC=C3)cc1. The van der Waals surface area contributed by atoms with E-state index in [9.17, 15) is 0 Å². The number of rotatable bonds is 2. The fourth-order valence-corrected chi connectivity index (χ4v) is 3.48. The largest absolute Gasteiger partial charge is 0.497 e. The average Bonchev–Trinajstić information content (AvgIpc) is 2.90. The standard InChI is InChI=1S/C20H19NO/c1-14-6-5-9-19-20(14)17-7-3-4-8-18(17)21(19)15-10-12-16(22-2)13-11-15/h3-5,7-14H,6H2,1-2H3. The zero-order valence-electron chi connectivity index (χ0n) is 12.9. The van der Waals surface area contributed by atoms with Gasteiger partial charge in [0.15, 0.2) is 0 Å². The van der Waals surface area contributed by atoms with Crippen LogP contribution < -0.4 is 4.74 Å². The van der Waals surface area contributed by atoms with E-state index in [1.54, 1.807) is 7.11 Å². The maximum absolute atomic E-state index is 5.28. The summed E-state index contributed by atoms with van der Waals surface area (Å²) in [5, 5.41) is 1.37. The average molecular weight is 289 g/mol. The molecule has 1 aliphatic rings. The van der Waals surface area contributed by atoms with E-state index in [1.165, 1.54) is 27.8 Å². The Labute approximate surface area is 130 Å². The molecule has 1 heterocycles. The van der Waals surface area contributed by atoms with Crippen LogP contribution in [0.2, 0.25) is 0 Å². The van der Waals surface area contributed by atoms with E-state index >= 15 is 0 Å².